The predicted molar refractivity (Wildman–Crippen MR) is 130 cm³/mol. The molecule has 1 aliphatic rings. The number of morpholine rings is 1. The van der Waals surface area contributed by atoms with E-state index in [-0.39, 0.29) is 30.1 Å². The van der Waals surface area contributed by atoms with Gasteiger partial charge in [-0.25, -0.2) is 18.2 Å². The second-order valence-corrected chi connectivity index (χ2v) is 8.20. The van der Waals surface area contributed by atoms with Gasteiger partial charge in [-0.3, -0.25) is 9.78 Å². The van der Waals surface area contributed by atoms with E-state index >= 15 is 4.39 Å². The molecule has 2 aromatic heterocycles. The standard InChI is InChI=1S/C25H26F3N5O3/c1-15-2-3-17(31-25(35)16-4-5-29-20(12-16)23(27)28)13-18(15)19-14-21(30-6-9-34)32-24(22(19)26)33-7-10-36-11-8-33/h2-5,12-14,23,34H,6-11H2,1H3,(H,30,32)(H,31,35). The Balaban J connectivity index is 1.69. The van der Waals surface area contributed by atoms with Crippen molar-refractivity contribution in [2.24, 2.45) is 0 Å². The van der Waals surface area contributed by atoms with Crippen LogP contribution in [-0.4, -0.2) is 60.4 Å². The molecule has 3 heterocycles. The Morgan fingerprint density at radius 3 is 2.67 bits per heavy atom. The summed E-state index contributed by atoms with van der Waals surface area (Å²) in [5.41, 5.74) is 1.45. The summed E-state index contributed by atoms with van der Waals surface area (Å²) >= 11 is 0. The molecule has 3 aromatic rings. The van der Waals surface area contributed by atoms with Gasteiger partial charge in [-0.05, 0) is 48.4 Å². The Hall–Kier alpha value is -3.70. The third kappa shape index (κ3) is 5.74. The number of amides is 1. The van der Waals surface area contributed by atoms with Crippen LogP contribution in [0.1, 0.15) is 28.0 Å². The number of rotatable bonds is 8. The molecule has 0 bridgehead atoms. The van der Waals surface area contributed by atoms with Crippen molar-refractivity contribution in [2.45, 2.75) is 13.3 Å². The number of benzene rings is 1. The van der Waals surface area contributed by atoms with Crippen molar-refractivity contribution < 1.29 is 27.8 Å². The molecule has 0 radical (unpaired) electrons. The third-order valence-electron chi connectivity index (χ3n) is 5.72. The molecule has 4 rings (SSSR count). The fourth-order valence-electron chi connectivity index (χ4n) is 3.87. The van der Waals surface area contributed by atoms with Crippen LogP contribution in [0.5, 0.6) is 0 Å². The first-order valence-electron chi connectivity index (χ1n) is 11.4. The normalized spacial score (nSPS) is 13.7. The summed E-state index contributed by atoms with van der Waals surface area (Å²) in [6, 6.07) is 8.94. The topological polar surface area (TPSA) is 99.6 Å². The number of nitrogens with zero attached hydrogens (tertiary/aromatic N) is 3. The number of pyridine rings is 2. The lowest BCUT2D eigenvalue weighted by molar-refractivity contribution is 0.102. The molecule has 0 saturated carbocycles. The number of ether oxygens (including phenoxy) is 1. The Morgan fingerprint density at radius 1 is 1.17 bits per heavy atom. The number of anilines is 3. The first kappa shape index (κ1) is 25.4. The number of aliphatic hydroxyl groups excluding tert-OH is 1. The zero-order valence-corrected chi connectivity index (χ0v) is 19.6. The number of hydrogen-bond donors (Lipinski definition) is 3. The molecular formula is C25H26F3N5O3. The molecule has 1 fully saturated rings. The summed E-state index contributed by atoms with van der Waals surface area (Å²) in [5.74, 6) is -0.550. The van der Waals surface area contributed by atoms with Crippen molar-refractivity contribution in [3.8, 4) is 11.1 Å². The maximum Gasteiger partial charge on any atom is 0.280 e. The zero-order chi connectivity index (χ0) is 25.7. The van der Waals surface area contributed by atoms with Gasteiger partial charge >= 0.3 is 0 Å². The highest BCUT2D eigenvalue weighted by Gasteiger charge is 2.22. The fourth-order valence-corrected chi connectivity index (χ4v) is 3.87. The van der Waals surface area contributed by atoms with Gasteiger partial charge in [0.15, 0.2) is 11.6 Å². The van der Waals surface area contributed by atoms with Crippen LogP contribution < -0.4 is 15.5 Å². The SMILES string of the molecule is Cc1ccc(NC(=O)c2ccnc(C(F)F)c2)cc1-c1cc(NCCO)nc(N2CCOCC2)c1F. The van der Waals surface area contributed by atoms with Crippen LogP contribution in [-0.2, 0) is 4.74 Å². The molecular weight excluding hydrogens is 475 g/mol. The first-order valence-corrected chi connectivity index (χ1v) is 11.4. The van der Waals surface area contributed by atoms with Crippen molar-refractivity contribution in [3.63, 3.8) is 0 Å². The van der Waals surface area contributed by atoms with Gasteiger partial charge in [-0.2, -0.15) is 0 Å². The summed E-state index contributed by atoms with van der Waals surface area (Å²) in [5, 5.41) is 14.9. The fraction of sp³-hybridized carbons (Fsp3) is 0.320. The van der Waals surface area contributed by atoms with E-state index in [1.807, 2.05) is 6.92 Å². The Morgan fingerprint density at radius 2 is 1.94 bits per heavy atom. The van der Waals surface area contributed by atoms with E-state index in [0.29, 0.717) is 43.4 Å². The highest BCUT2D eigenvalue weighted by Crippen LogP contribution is 2.35. The molecule has 0 unspecified atom stereocenters. The Labute approximate surface area is 206 Å². The lowest BCUT2D eigenvalue weighted by atomic mass is 9.99. The molecule has 36 heavy (non-hydrogen) atoms. The van der Waals surface area contributed by atoms with Crippen molar-refractivity contribution in [3.05, 3.63) is 65.2 Å². The number of hydrogen-bond acceptors (Lipinski definition) is 7. The van der Waals surface area contributed by atoms with Crippen molar-refractivity contribution in [1.29, 1.82) is 0 Å². The minimum Gasteiger partial charge on any atom is -0.395 e. The van der Waals surface area contributed by atoms with E-state index in [2.05, 4.69) is 20.6 Å². The van der Waals surface area contributed by atoms with E-state index in [9.17, 15) is 18.7 Å². The predicted octanol–water partition coefficient (Wildman–Crippen LogP) is 4.02. The van der Waals surface area contributed by atoms with Crippen LogP contribution in [0.4, 0.5) is 30.5 Å². The van der Waals surface area contributed by atoms with E-state index < -0.39 is 23.8 Å². The molecule has 11 heteroatoms. The molecule has 1 aliphatic heterocycles. The summed E-state index contributed by atoms with van der Waals surface area (Å²) in [4.78, 5) is 22.5. The van der Waals surface area contributed by atoms with E-state index in [1.54, 1.807) is 29.2 Å². The maximum absolute atomic E-state index is 15.8. The maximum atomic E-state index is 15.8. The number of aromatic nitrogens is 2. The number of aryl methyl sites for hydroxylation is 1. The van der Waals surface area contributed by atoms with Gasteiger partial charge in [-0.1, -0.05) is 6.07 Å². The Bertz CT molecular complexity index is 1240. The number of aliphatic hydroxyl groups is 1. The van der Waals surface area contributed by atoms with Crippen LogP contribution in [0.25, 0.3) is 11.1 Å². The molecule has 1 saturated heterocycles. The number of alkyl halides is 2. The first-order chi connectivity index (χ1) is 17.4. The average molecular weight is 502 g/mol. The molecule has 1 amide bonds. The van der Waals surface area contributed by atoms with Crippen LogP contribution in [0, 0.1) is 12.7 Å². The molecule has 190 valence electrons. The highest BCUT2D eigenvalue weighted by atomic mass is 19.3. The summed E-state index contributed by atoms with van der Waals surface area (Å²) in [6.45, 7) is 3.80. The van der Waals surface area contributed by atoms with E-state index in [0.717, 1.165) is 17.8 Å². The van der Waals surface area contributed by atoms with Gasteiger partial charge in [-0.15, -0.1) is 0 Å². The summed E-state index contributed by atoms with van der Waals surface area (Å²) in [7, 11) is 0. The smallest absolute Gasteiger partial charge is 0.280 e. The second kappa shape index (κ2) is 11.4. The van der Waals surface area contributed by atoms with E-state index in [1.165, 1.54) is 6.07 Å². The quantitative estimate of drug-likeness (QED) is 0.429. The third-order valence-corrected chi connectivity index (χ3v) is 5.72. The summed E-state index contributed by atoms with van der Waals surface area (Å²) in [6.07, 6.45) is -1.65. The van der Waals surface area contributed by atoms with Gasteiger partial charge in [0.2, 0.25) is 0 Å². The number of nitrogens with one attached hydrogen (secondary N) is 2. The van der Waals surface area contributed by atoms with Crippen LogP contribution >= 0.6 is 0 Å². The lowest BCUT2D eigenvalue weighted by Gasteiger charge is -2.29. The van der Waals surface area contributed by atoms with Crippen molar-refractivity contribution in [2.75, 3.05) is 55.0 Å². The number of carbonyl (C=O) groups is 1. The molecule has 8 nitrogen and oxygen atoms in total. The number of halogens is 3. The van der Waals surface area contributed by atoms with Crippen LogP contribution in [0.3, 0.4) is 0 Å². The Kier molecular flexibility index (Phi) is 8.01. The largest absolute Gasteiger partial charge is 0.395 e. The van der Waals surface area contributed by atoms with Crippen molar-refractivity contribution >= 4 is 23.2 Å². The summed E-state index contributed by atoms with van der Waals surface area (Å²) < 4.78 is 47.1. The minimum atomic E-state index is -2.80. The number of carbonyl (C=O) groups excluding carboxylic acids is 1. The molecule has 0 spiro atoms. The average Bonchev–Trinajstić information content (AvgIpc) is 2.89. The van der Waals surface area contributed by atoms with Gasteiger partial charge in [0.05, 0.1) is 19.8 Å². The zero-order valence-electron chi connectivity index (χ0n) is 19.6. The molecule has 0 atom stereocenters. The minimum absolute atomic E-state index is 0.0302. The molecule has 3 N–H and O–H groups in total. The van der Waals surface area contributed by atoms with Gasteiger partial charge in [0.1, 0.15) is 11.5 Å². The van der Waals surface area contributed by atoms with Gasteiger partial charge < -0.3 is 25.4 Å². The highest BCUT2D eigenvalue weighted by molar-refractivity contribution is 6.04. The molecule has 0 aliphatic carbocycles. The molecule has 1 aromatic carbocycles. The second-order valence-electron chi connectivity index (χ2n) is 8.20. The van der Waals surface area contributed by atoms with Crippen LogP contribution in [0.15, 0.2) is 42.6 Å². The van der Waals surface area contributed by atoms with Crippen molar-refractivity contribution in [1.82, 2.24) is 9.97 Å². The van der Waals surface area contributed by atoms with E-state index in [4.69, 9.17) is 4.74 Å². The van der Waals surface area contributed by atoms with Gasteiger partial charge in [0.25, 0.3) is 12.3 Å². The lowest BCUT2D eigenvalue weighted by Crippen LogP contribution is -2.37. The monoisotopic (exact) mass is 501 g/mol. The van der Waals surface area contributed by atoms with Crippen LogP contribution in [0.2, 0.25) is 0 Å². The van der Waals surface area contributed by atoms with Gasteiger partial charge in [0, 0.05) is 42.6 Å².